The smallest absolute Gasteiger partial charge is 0.255 e. The van der Waals surface area contributed by atoms with Crippen molar-refractivity contribution < 1.29 is 19.4 Å². The molecule has 0 saturated heterocycles. The summed E-state index contributed by atoms with van der Waals surface area (Å²) in [6, 6.07) is 11.9. The molecule has 0 aliphatic carbocycles. The Bertz CT molecular complexity index is 846. The number of aliphatic imine (C=N–C) groups is 1. The molecule has 9 heteroatoms. The number of aromatic hydroxyl groups is 1. The molecule has 0 aliphatic heterocycles. The summed E-state index contributed by atoms with van der Waals surface area (Å²) in [5.41, 5.74) is 1.04. The molecular formula is C21H29IN4O4. The minimum atomic E-state index is -0.340. The fourth-order valence-electron chi connectivity index (χ4n) is 2.56. The minimum Gasteiger partial charge on any atom is -0.507 e. The van der Waals surface area contributed by atoms with E-state index in [1.807, 2.05) is 32.0 Å². The highest BCUT2D eigenvalue weighted by Crippen LogP contribution is 2.30. The number of carbonyl (C=O) groups is 1. The number of phenols is 1. The first-order chi connectivity index (χ1) is 14.1. The van der Waals surface area contributed by atoms with Crippen LogP contribution < -0.4 is 25.4 Å². The number of carbonyl (C=O) groups excluding carboxylic acids is 1. The van der Waals surface area contributed by atoms with E-state index in [9.17, 15) is 9.90 Å². The largest absolute Gasteiger partial charge is 0.507 e. The lowest BCUT2D eigenvalue weighted by atomic mass is 10.2. The molecule has 30 heavy (non-hydrogen) atoms. The molecule has 0 saturated carbocycles. The normalized spacial score (nSPS) is 10.6. The van der Waals surface area contributed by atoms with Crippen molar-refractivity contribution in [3.63, 3.8) is 0 Å². The quantitative estimate of drug-likeness (QED) is 0.173. The molecule has 0 spiro atoms. The first kappa shape index (κ1) is 25.3. The number of anilines is 1. The first-order valence-corrected chi connectivity index (χ1v) is 9.51. The van der Waals surface area contributed by atoms with Gasteiger partial charge in [-0.1, -0.05) is 12.1 Å². The highest BCUT2D eigenvalue weighted by Gasteiger charge is 2.09. The zero-order chi connectivity index (χ0) is 21.1. The molecule has 0 fully saturated rings. The summed E-state index contributed by atoms with van der Waals surface area (Å²) in [7, 11) is 1.60. The van der Waals surface area contributed by atoms with E-state index in [1.165, 1.54) is 6.07 Å². The molecule has 2 rings (SSSR count). The van der Waals surface area contributed by atoms with Gasteiger partial charge >= 0.3 is 0 Å². The molecule has 0 bridgehead atoms. The number of nitrogens with zero attached hydrogens (tertiary/aromatic N) is 1. The fourth-order valence-corrected chi connectivity index (χ4v) is 2.56. The molecule has 0 unspecified atom stereocenters. The molecule has 2 aromatic rings. The van der Waals surface area contributed by atoms with Crippen LogP contribution in [0.2, 0.25) is 0 Å². The standard InChI is InChI=1S/C21H28N4O4.HI/c1-4-22-21(25-15-10-11-18(28-3)19(14-15)29-5-2)24-13-12-23-20(27)16-8-6-7-9-17(16)26;/h6-11,14,26H,4-5,12-13H2,1-3H3,(H,23,27)(H2,22,24,25);1H. The number of para-hydroxylation sites is 1. The van der Waals surface area contributed by atoms with Crippen LogP contribution in [0.25, 0.3) is 0 Å². The average molecular weight is 528 g/mol. The van der Waals surface area contributed by atoms with Gasteiger partial charge in [-0.25, -0.2) is 0 Å². The molecule has 0 aliphatic rings. The number of methoxy groups -OCH3 is 1. The lowest BCUT2D eigenvalue weighted by Gasteiger charge is -2.14. The SMILES string of the molecule is CCNC(=NCCNC(=O)c1ccccc1O)Nc1ccc(OC)c(OCC)c1.I. The number of nitrogens with one attached hydrogen (secondary N) is 3. The van der Waals surface area contributed by atoms with Crippen molar-refractivity contribution in [2.24, 2.45) is 4.99 Å². The average Bonchev–Trinajstić information content (AvgIpc) is 2.72. The van der Waals surface area contributed by atoms with Crippen LogP contribution in [-0.2, 0) is 0 Å². The van der Waals surface area contributed by atoms with Crippen molar-refractivity contribution in [3.8, 4) is 17.2 Å². The summed E-state index contributed by atoms with van der Waals surface area (Å²) >= 11 is 0. The number of rotatable bonds is 9. The van der Waals surface area contributed by atoms with Gasteiger partial charge in [0.15, 0.2) is 17.5 Å². The van der Waals surface area contributed by atoms with E-state index >= 15 is 0 Å². The van der Waals surface area contributed by atoms with Gasteiger partial charge in [-0.2, -0.15) is 0 Å². The third kappa shape index (κ3) is 7.62. The highest BCUT2D eigenvalue weighted by molar-refractivity contribution is 14.0. The van der Waals surface area contributed by atoms with E-state index < -0.39 is 0 Å². The maximum atomic E-state index is 12.1. The Balaban J connectivity index is 0.00000450. The van der Waals surface area contributed by atoms with Gasteiger partial charge in [0.25, 0.3) is 5.91 Å². The maximum Gasteiger partial charge on any atom is 0.255 e. The maximum absolute atomic E-state index is 12.1. The van der Waals surface area contributed by atoms with E-state index in [-0.39, 0.29) is 41.2 Å². The summed E-state index contributed by atoms with van der Waals surface area (Å²) < 4.78 is 10.9. The summed E-state index contributed by atoms with van der Waals surface area (Å²) in [5.74, 6) is 1.50. The van der Waals surface area contributed by atoms with Gasteiger partial charge in [-0.05, 0) is 38.1 Å². The predicted molar refractivity (Wildman–Crippen MR) is 130 cm³/mol. The van der Waals surface area contributed by atoms with Crippen molar-refractivity contribution in [2.75, 3.05) is 38.7 Å². The Morgan fingerprint density at radius 3 is 2.53 bits per heavy atom. The molecule has 8 nitrogen and oxygen atoms in total. The number of amides is 1. The first-order valence-electron chi connectivity index (χ1n) is 9.51. The monoisotopic (exact) mass is 528 g/mol. The van der Waals surface area contributed by atoms with E-state index in [0.717, 1.165) is 5.69 Å². The van der Waals surface area contributed by atoms with E-state index in [1.54, 1.807) is 25.3 Å². The summed E-state index contributed by atoms with van der Waals surface area (Å²) in [5, 5.41) is 18.8. The van der Waals surface area contributed by atoms with Crippen LogP contribution >= 0.6 is 24.0 Å². The number of halogens is 1. The molecule has 0 radical (unpaired) electrons. The lowest BCUT2D eigenvalue weighted by Crippen LogP contribution is -2.32. The van der Waals surface area contributed by atoms with Gasteiger partial charge in [-0.3, -0.25) is 9.79 Å². The Hall–Kier alpha value is -2.69. The second kappa shape index (κ2) is 13.5. The summed E-state index contributed by atoms with van der Waals surface area (Å²) in [6.07, 6.45) is 0. The summed E-state index contributed by atoms with van der Waals surface area (Å²) in [4.78, 5) is 16.6. The van der Waals surface area contributed by atoms with Crippen LogP contribution in [0.5, 0.6) is 17.2 Å². The molecule has 0 heterocycles. The van der Waals surface area contributed by atoms with Crippen LogP contribution in [0.1, 0.15) is 24.2 Å². The van der Waals surface area contributed by atoms with E-state index in [2.05, 4.69) is 20.9 Å². The van der Waals surface area contributed by atoms with Crippen molar-refractivity contribution in [2.45, 2.75) is 13.8 Å². The number of benzene rings is 2. The van der Waals surface area contributed by atoms with Gasteiger partial charge in [0.2, 0.25) is 0 Å². The van der Waals surface area contributed by atoms with Crippen molar-refractivity contribution >= 4 is 41.5 Å². The Kier molecular flexibility index (Phi) is 11.4. The number of hydrogen-bond acceptors (Lipinski definition) is 5. The van der Waals surface area contributed by atoms with Crippen LogP contribution in [0, 0.1) is 0 Å². The molecular weight excluding hydrogens is 499 g/mol. The fraction of sp³-hybridized carbons (Fsp3) is 0.333. The van der Waals surface area contributed by atoms with Crippen LogP contribution in [0.3, 0.4) is 0 Å². The number of ether oxygens (including phenoxy) is 2. The predicted octanol–water partition coefficient (Wildman–Crippen LogP) is 3.22. The Labute approximate surface area is 194 Å². The third-order valence-electron chi connectivity index (χ3n) is 3.89. The van der Waals surface area contributed by atoms with Crippen molar-refractivity contribution in [1.29, 1.82) is 0 Å². The van der Waals surface area contributed by atoms with E-state index in [4.69, 9.17) is 9.47 Å². The number of guanidine groups is 1. The zero-order valence-corrected chi connectivity index (χ0v) is 19.7. The van der Waals surface area contributed by atoms with Crippen LogP contribution in [0.4, 0.5) is 5.69 Å². The molecule has 1 amide bonds. The van der Waals surface area contributed by atoms with E-state index in [0.29, 0.717) is 43.7 Å². The zero-order valence-electron chi connectivity index (χ0n) is 17.4. The minimum absolute atomic E-state index is 0. The molecule has 0 aromatic heterocycles. The lowest BCUT2D eigenvalue weighted by molar-refractivity contribution is 0.0952. The second-order valence-corrected chi connectivity index (χ2v) is 5.96. The van der Waals surface area contributed by atoms with Gasteiger partial charge in [0.05, 0.1) is 25.8 Å². The van der Waals surface area contributed by atoms with Crippen LogP contribution in [0.15, 0.2) is 47.5 Å². The number of hydrogen-bond donors (Lipinski definition) is 4. The number of phenolic OH excluding ortho intramolecular Hbond substituents is 1. The molecule has 4 N–H and O–H groups in total. The third-order valence-corrected chi connectivity index (χ3v) is 3.89. The Morgan fingerprint density at radius 2 is 1.87 bits per heavy atom. The van der Waals surface area contributed by atoms with Gasteiger partial charge in [0.1, 0.15) is 5.75 Å². The molecule has 0 atom stereocenters. The van der Waals surface area contributed by atoms with Gasteiger partial charge in [0, 0.05) is 24.8 Å². The molecule has 2 aromatic carbocycles. The highest BCUT2D eigenvalue weighted by atomic mass is 127. The van der Waals surface area contributed by atoms with Gasteiger partial charge in [-0.15, -0.1) is 24.0 Å². The van der Waals surface area contributed by atoms with Crippen molar-refractivity contribution in [3.05, 3.63) is 48.0 Å². The van der Waals surface area contributed by atoms with Crippen molar-refractivity contribution in [1.82, 2.24) is 10.6 Å². The topological polar surface area (TPSA) is 104 Å². The summed E-state index contributed by atoms with van der Waals surface area (Å²) in [6.45, 7) is 5.79. The Morgan fingerprint density at radius 1 is 1.10 bits per heavy atom. The van der Waals surface area contributed by atoms with Crippen LogP contribution in [-0.4, -0.2) is 50.3 Å². The molecule has 164 valence electrons. The van der Waals surface area contributed by atoms with Gasteiger partial charge < -0.3 is 30.5 Å². The second-order valence-electron chi connectivity index (χ2n) is 5.96.